The number of carbonyl (C=O) groups is 1. The molecule has 2 N–H and O–H groups in total. The Morgan fingerprint density at radius 3 is 2.30 bits per heavy atom. The molecule has 20 heavy (non-hydrogen) atoms. The van der Waals surface area contributed by atoms with Crippen LogP contribution in [0.2, 0.25) is 0 Å². The van der Waals surface area contributed by atoms with E-state index in [1.54, 1.807) is 27.7 Å². The molecule has 0 aliphatic carbocycles. The molecule has 0 radical (unpaired) electrons. The Bertz CT molecular complexity index is 428. The zero-order valence-electron chi connectivity index (χ0n) is 12.3. The number of ether oxygens (including phenoxy) is 1. The van der Waals surface area contributed by atoms with Crippen LogP contribution >= 0.6 is 11.6 Å². The van der Waals surface area contributed by atoms with Crippen LogP contribution in [-0.2, 0) is 4.74 Å². The topological polar surface area (TPSA) is 58.6 Å². The average molecular weight is 300 g/mol. The number of carbonyl (C=O) groups excluding carboxylic acids is 1. The number of alkyl halides is 1. The molecule has 1 aromatic rings. The number of aliphatic hydroxyl groups is 1. The summed E-state index contributed by atoms with van der Waals surface area (Å²) in [7, 11) is 0. The Labute approximate surface area is 125 Å². The second kappa shape index (κ2) is 6.95. The number of benzene rings is 1. The van der Waals surface area contributed by atoms with Gasteiger partial charge < -0.3 is 15.2 Å². The first-order chi connectivity index (χ1) is 9.20. The van der Waals surface area contributed by atoms with E-state index in [1.165, 1.54) is 0 Å². The van der Waals surface area contributed by atoms with Gasteiger partial charge in [-0.15, -0.1) is 11.6 Å². The SMILES string of the molecule is CC(O)C(NC(=O)OC(C)(C)C)C(Cl)c1ccccc1. The molecule has 0 aliphatic rings. The summed E-state index contributed by atoms with van der Waals surface area (Å²) in [5, 5.41) is 11.9. The maximum atomic E-state index is 11.8. The lowest BCUT2D eigenvalue weighted by atomic mass is 10.0. The standard InChI is InChI=1S/C15H22ClNO3/c1-10(18)13(17-14(19)20-15(2,3)4)12(16)11-8-6-5-7-9-11/h5-10,12-13,18H,1-4H3,(H,17,19). The van der Waals surface area contributed by atoms with E-state index in [0.717, 1.165) is 5.56 Å². The van der Waals surface area contributed by atoms with Crippen molar-refractivity contribution in [1.82, 2.24) is 5.32 Å². The number of alkyl carbamates (subject to hydrolysis) is 1. The van der Waals surface area contributed by atoms with E-state index in [2.05, 4.69) is 5.32 Å². The molecule has 0 fully saturated rings. The van der Waals surface area contributed by atoms with Crippen molar-refractivity contribution in [2.75, 3.05) is 0 Å². The van der Waals surface area contributed by atoms with E-state index in [0.29, 0.717) is 0 Å². The number of amides is 1. The summed E-state index contributed by atoms with van der Waals surface area (Å²) < 4.78 is 5.18. The Balaban J connectivity index is 2.77. The van der Waals surface area contributed by atoms with Gasteiger partial charge in [0.15, 0.2) is 0 Å². The third kappa shape index (κ3) is 5.39. The van der Waals surface area contributed by atoms with Gasteiger partial charge in [-0.05, 0) is 33.3 Å². The first kappa shape index (κ1) is 16.8. The van der Waals surface area contributed by atoms with Crippen LogP contribution in [0.5, 0.6) is 0 Å². The molecule has 0 heterocycles. The van der Waals surface area contributed by atoms with Crippen molar-refractivity contribution in [3.05, 3.63) is 35.9 Å². The van der Waals surface area contributed by atoms with Gasteiger partial charge in [-0.25, -0.2) is 4.79 Å². The summed E-state index contributed by atoms with van der Waals surface area (Å²) in [6, 6.07) is 8.67. The fourth-order valence-electron chi connectivity index (χ4n) is 1.73. The van der Waals surface area contributed by atoms with Crippen molar-refractivity contribution in [2.24, 2.45) is 0 Å². The zero-order valence-corrected chi connectivity index (χ0v) is 13.0. The molecule has 0 saturated heterocycles. The van der Waals surface area contributed by atoms with Crippen LogP contribution in [0.15, 0.2) is 30.3 Å². The number of rotatable bonds is 4. The molecule has 0 spiro atoms. The minimum atomic E-state index is -0.801. The lowest BCUT2D eigenvalue weighted by Crippen LogP contribution is -2.46. The highest BCUT2D eigenvalue weighted by Gasteiger charge is 2.29. The van der Waals surface area contributed by atoms with Gasteiger partial charge >= 0.3 is 6.09 Å². The summed E-state index contributed by atoms with van der Waals surface area (Å²) >= 11 is 6.35. The predicted octanol–water partition coefficient (Wildman–Crippen LogP) is 3.24. The minimum absolute atomic E-state index is 0.538. The highest BCUT2D eigenvalue weighted by Crippen LogP contribution is 2.26. The summed E-state index contributed by atoms with van der Waals surface area (Å²) in [4.78, 5) is 11.8. The highest BCUT2D eigenvalue weighted by atomic mass is 35.5. The molecule has 3 atom stereocenters. The van der Waals surface area contributed by atoms with Crippen molar-refractivity contribution in [2.45, 2.75) is 50.8 Å². The molecule has 0 bridgehead atoms. The molecule has 1 amide bonds. The molecular weight excluding hydrogens is 278 g/mol. The maximum Gasteiger partial charge on any atom is 0.408 e. The van der Waals surface area contributed by atoms with E-state index in [9.17, 15) is 9.90 Å². The van der Waals surface area contributed by atoms with E-state index >= 15 is 0 Å². The van der Waals surface area contributed by atoms with Crippen molar-refractivity contribution >= 4 is 17.7 Å². The van der Waals surface area contributed by atoms with E-state index in [4.69, 9.17) is 16.3 Å². The molecule has 112 valence electrons. The van der Waals surface area contributed by atoms with Gasteiger partial charge in [0, 0.05) is 0 Å². The fourth-order valence-corrected chi connectivity index (χ4v) is 2.15. The number of aliphatic hydroxyl groups excluding tert-OH is 1. The summed E-state index contributed by atoms with van der Waals surface area (Å²) in [5.74, 6) is 0. The molecule has 4 nitrogen and oxygen atoms in total. The first-order valence-electron chi connectivity index (χ1n) is 6.57. The van der Waals surface area contributed by atoms with Crippen LogP contribution in [0.4, 0.5) is 4.79 Å². The van der Waals surface area contributed by atoms with Gasteiger partial charge in [-0.3, -0.25) is 0 Å². The lowest BCUT2D eigenvalue weighted by molar-refractivity contribution is 0.0434. The Morgan fingerprint density at radius 2 is 1.85 bits per heavy atom. The smallest absolute Gasteiger partial charge is 0.408 e. The third-order valence-electron chi connectivity index (χ3n) is 2.64. The lowest BCUT2D eigenvalue weighted by Gasteiger charge is -2.28. The molecule has 0 saturated carbocycles. The van der Waals surface area contributed by atoms with Crippen LogP contribution in [0.25, 0.3) is 0 Å². The van der Waals surface area contributed by atoms with Gasteiger partial charge in [0.2, 0.25) is 0 Å². The second-order valence-electron chi connectivity index (χ2n) is 5.73. The van der Waals surface area contributed by atoms with Crippen LogP contribution < -0.4 is 5.32 Å². The largest absolute Gasteiger partial charge is 0.444 e. The fraction of sp³-hybridized carbons (Fsp3) is 0.533. The van der Waals surface area contributed by atoms with Gasteiger partial charge in [0.25, 0.3) is 0 Å². The average Bonchev–Trinajstić information content (AvgIpc) is 2.34. The normalized spacial score (nSPS) is 16.1. The monoisotopic (exact) mass is 299 g/mol. The highest BCUT2D eigenvalue weighted by molar-refractivity contribution is 6.21. The van der Waals surface area contributed by atoms with Crippen LogP contribution in [0.1, 0.15) is 38.6 Å². The van der Waals surface area contributed by atoms with Crippen molar-refractivity contribution in [3.8, 4) is 0 Å². The molecule has 0 aliphatic heterocycles. The van der Waals surface area contributed by atoms with Crippen LogP contribution in [-0.4, -0.2) is 28.9 Å². The van der Waals surface area contributed by atoms with Gasteiger partial charge in [0.05, 0.1) is 17.5 Å². The van der Waals surface area contributed by atoms with Crippen molar-refractivity contribution in [3.63, 3.8) is 0 Å². The minimum Gasteiger partial charge on any atom is -0.444 e. The molecular formula is C15H22ClNO3. The van der Waals surface area contributed by atoms with Gasteiger partial charge in [-0.2, -0.15) is 0 Å². The molecule has 0 aromatic heterocycles. The summed E-state index contributed by atoms with van der Waals surface area (Å²) in [6.07, 6.45) is -1.39. The van der Waals surface area contributed by atoms with Crippen LogP contribution in [0, 0.1) is 0 Å². The Morgan fingerprint density at radius 1 is 1.30 bits per heavy atom. The second-order valence-corrected chi connectivity index (χ2v) is 6.20. The number of hydrogen-bond donors (Lipinski definition) is 2. The van der Waals surface area contributed by atoms with Crippen molar-refractivity contribution in [1.29, 1.82) is 0 Å². The third-order valence-corrected chi connectivity index (χ3v) is 3.16. The molecule has 3 unspecified atom stereocenters. The molecule has 1 aromatic carbocycles. The quantitative estimate of drug-likeness (QED) is 0.839. The van der Waals surface area contributed by atoms with Gasteiger partial charge in [-0.1, -0.05) is 30.3 Å². The summed E-state index contributed by atoms with van der Waals surface area (Å²) in [5.41, 5.74) is 0.234. The molecule has 5 heteroatoms. The zero-order chi connectivity index (χ0) is 15.3. The maximum absolute atomic E-state index is 11.8. The predicted molar refractivity (Wildman–Crippen MR) is 79.9 cm³/mol. The van der Waals surface area contributed by atoms with Crippen molar-refractivity contribution < 1.29 is 14.6 Å². The Hall–Kier alpha value is -1.26. The van der Waals surface area contributed by atoms with Crippen LogP contribution in [0.3, 0.4) is 0 Å². The summed E-state index contributed by atoms with van der Waals surface area (Å²) in [6.45, 7) is 6.92. The molecule has 1 rings (SSSR count). The van der Waals surface area contributed by atoms with E-state index in [1.807, 2.05) is 30.3 Å². The first-order valence-corrected chi connectivity index (χ1v) is 7.01. The number of nitrogens with one attached hydrogen (secondary N) is 1. The number of hydrogen-bond acceptors (Lipinski definition) is 3. The van der Waals surface area contributed by atoms with E-state index < -0.39 is 29.2 Å². The Kier molecular flexibility index (Phi) is 5.84. The van der Waals surface area contributed by atoms with E-state index in [-0.39, 0.29) is 0 Å². The number of halogens is 1. The van der Waals surface area contributed by atoms with Gasteiger partial charge in [0.1, 0.15) is 5.60 Å².